The van der Waals surface area contributed by atoms with Crippen LogP contribution in [0.4, 0.5) is 16.4 Å². The van der Waals surface area contributed by atoms with Crippen molar-refractivity contribution in [3.63, 3.8) is 0 Å². The Morgan fingerprint density at radius 1 is 1.24 bits per heavy atom. The van der Waals surface area contributed by atoms with Crippen molar-refractivity contribution in [2.24, 2.45) is 0 Å². The summed E-state index contributed by atoms with van der Waals surface area (Å²) in [6.07, 6.45) is 3.24. The second kappa shape index (κ2) is 9.91. The van der Waals surface area contributed by atoms with E-state index in [1.807, 2.05) is 24.6 Å². The van der Waals surface area contributed by atoms with Crippen molar-refractivity contribution >= 4 is 27.8 Å². The fourth-order valence-corrected chi connectivity index (χ4v) is 4.73. The molecule has 0 aliphatic heterocycles. The van der Waals surface area contributed by atoms with Gasteiger partial charge in [-0.1, -0.05) is 0 Å². The Balaban J connectivity index is 1.77. The van der Waals surface area contributed by atoms with E-state index < -0.39 is 10.0 Å². The van der Waals surface area contributed by atoms with Crippen molar-refractivity contribution in [3.8, 4) is 0 Å². The van der Waals surface area contributed by atoms with Crippen LogP contribution in [0.2, 0.25) is 0 Å². The maximum Gasteiger partial charge on any atom is 0.407 e. The van der Waals surface area contributed by atoms with Gasteiger partial charge in [-0.2, -0.15) is 5.10 Å². The van der Waals surface area contributed by atoms with Crippen molar-refractivity contribution in [1.82, 2.24) is 24.4 Å². The van der Waals surface area contributed by atoms with Gasteiger partial charge in [0.25, 0.3) is 0 Å². The molecule has 2 atom stereocenters. The Morgan fingerprint density at radius 3 is 2.50 bits per heavy atom. The van der Waals surface area contributed by atoms with E-state index in [0.29, 0.717) is 5.82 Å². The number of nitrogens with one attached hydrogen (secondary N) is 2. The molecular weight excluding hydrogens is 456 g/mol. The van der Waals surface area contributed by atoms with Crippen LogP contribution in [0.25, 0.3) is 0 Å². The van der Waals surface area contributed by atoms with E-state index in [1.54, 1.807) is 6.07 Å². The zero-order valence-corrected chi connectivity index (χ0v) is 21.8. The molecular formula is C23H36N6O4S. The number of anilines is 2. The summed E-state index contributed by atoms with van der Waals surface area (Å²) in [5.74, 6) is 1.47. The second-order valence-corrected chi connectivity index (χ2v) is 12.3. The third-order valence-corrected chi connectivity index (χ3v) is 7.42. The molecule has 0 saturated heterocycles. The lowest BCUT2D eigenvalue weighted by Crippen LogP contribution is -2.33. The van der Waals surface area contributed by atoms with Crippen LogP contribution in [0, 0.1) is 0 Å². The molecule has 34 heavy (non-hydrogen) atoms. The highest BCUT2D eigenvalue weighted by Crippen LogP contribution is 2.37. The predicted molar refractivity (Wildman–Crippen MR) is 131 cm³/mol. The van der Waals surface area contributed by atoms with E-state index in [0.717, 1.165) is 35.1 Å². The highest BCUT2D eigenvalue weighted by Gasteiger charge is 2.32. The lowest BCUT2D eigenvalue weighted by molar-refractivity contribution is 0.0981. The first-order chi connectivity index (χ1) is 15.8. The number of carbonyl (C=O) groups excluding carboxylic acids is 1. The molecule has 1 aliphatic carbocycles. The lowest BCUT2D eigenvalue weighted by Gasteiger charge is -2.22. The summed E-state index contributed by atoms with van der Waals surface area (Å²) in [5, 5.41) is 10.9. The Morgan fingerprint density at radius 2 is 1.94 bits per heavy atom. The zero-order valence-electron chi connectivity index (χ0n) is 21.0. The first-order valence-electron chi connectivity index (χ1n) is 11.5. The van der Waals surface area contributed by atoms with Crippen molar-refractivity contribution < 1.29 is 17.9 Å². The maximum absolute atomic E-state index is 12.3. The van der Waals surface area contributed by atoms with Gasteiger partial charge in [-0.25, -0.2) is 27.2 Å². The van der Waals surface area contributed by atoms with Gasteiger partial charge in [0.2, 0.25) is 10.0 Å². The summed E-state index contributed by atoms with van der Waals surface area (Å²) in [6.45, 7) is 9.98. The number of amides is 1. The normalized spacial score (nSPS) is 19.0. The van der Waals surface area contributed by atoms with Gasteiger partial charge in [0.1, 0.15) is 22.6 Å². The number of pyridine rings is 1. The van der Waals surface area contributed by atoms with Gasteiger partial charge in [-0.15, -0.1) is 0 Å². The van der Waals surface area contributed by atoms with Crippen LogP contribution in [0.15, 0.2) is 29.3 Å². The molecule has 0 aromatic carbocycles. The van der Waals surface area contributed by atoms with Gasteiger partial charge >= 0.3 is 6.09 Å². The summed E-state index contributed by atoms with van der Waals surface area (Å²) >= 11 is 0. The number of carbonyl (C=O) groups is 1. The number of nitrogens with zero attached hydrogens (tertiary/aromatic N) is 4. The molecule has 1 amide bonds. The molecule has 0 radical (unpaired) electrons. The Kier molecular flexibility index (Phi) is 7.56. The van der Waals surface area contributed by atoms with Crippen molar-refractivity contribution in [1.29, 1.82) is 0 Å². The summed E-state index contributed by atoms with van der Waals surface area (Å²) in [6, 6.07) is 5.21. The summed E-state index contributed by atoms with van der Waals surface area (Å²) in [5.41, 5.74) is 0.639. The molecule has 1 fully saturated rings. The SMILES string of the molecule is CC(C)NC(=O)O[C@@H]1CC[C@H](c2cc(Nc3ccc(S(=O)(=O)N(C)C)cn3)n(C(C)(C)C)n2)C1. The standard InChI is InChI=1S/C23H36N6O4S/c1-15(2)25-22(30)33-17-9-8-16(12-17)19-13-21(29(27-19)23(3,4)5)26-20-11-10-18(14-24-20)34(31,32)28(6)7/h10-11,13-17H,8-9,12H2,1-7H3,(H,24,26)(H,25,30)/t16-,17+/m0/s1. The third kappa shape index (κ3) is 6.06. The highest BCUT2D eigenvalue weighted by molar-refractivity contribution is 7.89. The van der Waals surface area contributed by atoms with Crippen LogP contribution in [0.3, 0.4) is 0 Å². The molecule has 2 aromatic rings. The molecule has 3 rings (SSSR count). The van der Waals surface area contributed by atoms with Crippen LogP contribution in [0.5, 0.6) is 0 Å². The second-order valence-electron chi connectivity index (χ2n) is 10.2. The third-order valence-electron chi connectivity index (χ3n) is 5.62. The van der Waals surface area contributed by atoms with Crippen molar-refractivity contribution in [3.05, 3.63) is 30.1 Å². The number of alkyl carbamates (subject to hydrolysis) is 1. The molecule has 2 aromatic heterocycles. The number of aromatic nitrogens is 3. The fraction of sp³-hybridized carbons (Fsp3) is 0.609. The van der Waals surface area contributed by atoms with Gasteiger partial charge in [0.15, 0.2) is 0 Å². The minimum atomic E-state index is -3.54. The van der Waals surface area contributed by atoms with E-state index in [9.17, 15) is 13.2 Å². The van der Waals surface area contributed by atoms with Gasteiger partial charge in [0.05, 0.1) is 11.2 Å². The average Bonchev–Trinajstić information content (AvgIpc) is 3.34. The minimum absolute atomic E-state index is 0.0338. The van der Waals surface area contributed by atoms with E-state index in [4.69, 9.17) is 9.84 Å². The molecule has 10 nitrogen and oxygen atoms in total. The van der Waals surface area contributed by atoms with E-state index >= 15 is 0 Å². The topological polar surface area (TPSA) is 118 Å². The predicted octanol–water partition coefficient (Wildman–Crippen LogP) is 3.80. The highest BCUT2D eigenvalue weighted by atomic mass is 32.2. The first kappa shape index (κ1) is 26.0. The molecule has 11 heteroatoms. The average molecular weight is 493 g/mol. The maximum atomic E-state index is 12.3. The van der Waals surface area contributed by atoms with Crippen LogP contribution >= 0.6 is 0 Å². The Hall–Kier alpha value is -2.66. The number of hydrogen-bond acceptors (Lipinski definition) is 7. The van der Waals surface area contributed by atoms with E-state index in [-0.39, 0.29) is 34.6 Å². The monoisotopic (exact) mass is 492 g/mol. The van der Waals surface area contributed by atoms with E-state index in [2.05, 4.69) is 36.4 Å². The first-order valence-corrected chi connectivity index (χ1v) is 12.9. The van der Waals surface area contributed by atoms with Gasteiger partial charge in [-0.05, 0) is 66.0 Å². The van der Waals surface area contributed by atoms with E-state index in [1.165, 1.54) is 26.4 Å². The van der Waals surface area contributed by atoms with Gasteiger partial charge in [-0.3, -0.25) is 0 Å². The lowest BCUT2D eigenvalue weighted by atomic mass is 10.0. The molecule has 0 bridgehead atoms. The summed E-state index contributed by atoms with van der Waals surface area (Å²) in [7, 11) is -0.568. The Bertz CT molecular complexity index is 1100. The summed E-state index contributed by atoms with van der Waals surface area (Å²) in [4.78, 5) is 16.4. The molecule has 2 heterocycles. The quantitative estimate of drug-likeness (QED) is 0.603. The number of sulfonamides is 1. The number of rotatable bonds is 7. The molecule has 188 valence electrons. The molecule has 2 N–H and O–H groups in total. The van der Waals surface area contributed by atoms with Crippen LogP contribution in [0.1, 0.15) is 65.5 Å². The number of ether oxygens (including phenoxy) is 1. The fourth-order valence-electron chi connectivity index (χ4n) is 3.89. The van der Waals surface area contributed by atoms with Gasteiger partial charge < -0.3 is 15.4 Å². The van der Waals surface area contributed by atoms with Crippen LogP contribution in [-0.2, 0) is 20.3 Å². The molecule has 0 spiro atoms. The minimum Gasteiger partial charge on any atom is -0.446 e. The zero-order chi connectivity index (χ0) is 25.3. The van der Waals surface area contributed by atoms with Crippen LogP contribution < -0.4 is 10.6 Å². The molecule has 0 unspecified atom stereocenters. The summed E-state index contributed by atoms with van der Waals surface area (Å²) < 4.78 is 33.2. The van der Waals surface area contributed by atoms with Crippen molar-refractivity contribution in [2.75, 3.05) is 19.4 Å². The smallest absolute Gasteiger partial charge is 0.407 e. The Labute approximate surface area is 202 Å². The number of hydrogen-bond donors (Lipinski definition) is 2. The van der Waals surface area contributed by atoms with Crippen LogP contribution in [-0.4, -0.2) is 59.8 Å². The van der Waals surface area contributed by atoms with Gasteiger partial charge in [0, 0.05) is 38.3 Å². The largest absolute Gasteiger partial charge is 0.446 e. The molecule has 1 aliphatic rings. The van der Waals surface area contributed by atoms with Crippen molar-refractivity contribution in [2.45, 2.75) is 82.4 Å². The molecule has 1 saturated carbocycles.